The Labute approximate surface area is 211 Å². The fourth-order valence-corrected chi connectivity index (χ4v) is 4.51. The molecule has 0 radical (unpaired) electrons. The summed E-state index contributed by atoms with van der Waals surface area (Å²) >= 11 is 0. The lowest BCUT2D eigenvalue weighted by molar-refractivity contribution is 0.0664. The Morgan fingerprint density at radius 2 is 1.78 bits per heavy atom. The molecular formula is C29H32N4O3. The third-order valence-electron chi connectivity index (χ3n) is 6.36. The van der Waals surface area contributed by atoms with Gasteiger partial charge in [0, 0.05) is 30.3 Å². The molecule has 0 aliphatic carbocycles. The van der Waals surface area contributed by atoms with E-state index in [9.17, 15) is 9.59 Å². The smallest absolute Gasteiger partial charge is 0.261 e. The second kappa shape index (κ2) is 11.6. The van der Waals surface area contributed by atoms with Crippen LogP contribution in [0, 0.1) is 0 Å². The summed E-state index contributed by atoms with van der Waals surface area (Å²) in [5.74, 6) is 0.556. The summed E-state index contributed by atoms with van der Waals surface area (Å²) in [7, 11) is 1.59. The van der Waals surface area contributed by atoms with Crippen molar-refractivity contribution in [2.75, 3.05) is 20.2 Å². The van der Waals surface area contributed by atoms with E-state index in [0.29, 0.717) is 60.6 Å². The highest BCUT2D eigenvalue weighted by molar-refractivity contribution is 5.94. The highest BCUT2D eigenvalue weighted by Gasteiger charge is 2.29. The van der Waals surface area contributed by atoms with E-state index in [2.05, 4.69) is 0 Å². The molecule has 2 aromatic carbocycles. The first-order chi connectivity index (χ1) is 17.6. The van der Waals surface area contributed by atoms with E-state index >= 15 is 0 Å². The van der Waals surface area contributed by atoms with Crippen LogP contribution in [0.1, 0.15) is 53.0 Å². The second-order valence-electron chi connectivity index (χ2n) is 8.67. The van der Waals surface area contributed by atoms with Gasteiger partial charge < -0.3 is 15.4 Å². The summed E-state index contributed by atoms with van der Waals surface area (Å²) in [6.45, 7) is 2.93. The molecule has 0 saturated heterocycles. The number of ether oxygens (including phenoxy) is 1. The molecule has 2 heterocycles. The van der Waals surface area contributed by atoms with Crippen LogP contribution in [0.2, 0.25) is 0 Å². The van der Waals surface area contributed by atoms with Crippen LogP contribution in [0.3, 0.4) is 0 Å². The van der Waals surface area contributed by atoms with Crippen LogP contribution in [0.5, 0.6) is 5.75 Å². The minimum atomic E-state index is -0.386. The molecule has 0 aliphatic rings. The molecule has 4 aromatic rings. The molecule has 1 atom stereocenters. The Balaban J connectivity index is 1.85. The average Bonchev–Trinajstić information content (AvgIpc) is 2.93. The summed E-state index contributed by atoms with van der Waals surface area (Å²) in [6, 6.07) is 22.0. The van der Waals surface area contributed by atoms with Gasteiger partial charge in [-0.3, -0.25) is 14.0 Å². The molecule has 186 valence electrons. The third-order valence-corrected chi connectivity index (χ3v) is 6.36. The number of carbonyl (C=O) groups is 1. The van der Waals surface area contributed by atoms with E-state index in [1.54, 1.807) is 42.0 Å². The van der Waals surface area contributed by atoms with Crippen molar-refractivity contribution in [3.63, 3.8) is 0 Å². The number of hydrogen-bond donors (Lipinski definition) is 1. The molecule has 0 saturated carbocycles. The number of benzene rings is 2. The number of fused-ring (bicyclic) bond motifs is 1. The standard InChI is InChI=1S/C29H32N4O3/c1-3-25(32(19-9-17-30)28(34)22-13-15-23(36-2)16-14-22)27-24(20-21-10-5-4-6-11-21)29(35)33-18-8-7-12-26(33)31-27/h4-8,10-16,18,25H,3,9,17,19-20,30H2,1-2H3. The lowest BCUT2D eigenvalue weighted by Gasteiger charge is -2.32. The SMILES string of the molecule is CCC(c1nc2ccccn2c(=O)c1Cc1ccccc1)N(CCCN)C(=O)c1ccc(OC)cc1. The number of amides is 1. The van der Waals surface area contributed by atoms with Gasteiger partial charge in [-0.05, 0) is 61.3 Å². The van der Waals surface area contributed by atoms with E-state index in [0.717, 1.165) is 5.56 Å². The lowest BCUT2D eigenvalue weighted by Crippen LogP contribution is -2.38. The van der Waals surface area contributed by atoms with Crippen LogP contribution in [0.25, 0.3) is 5.65 Å². The van der Waals surface area contributed by atoms with Crippen molar-refractivity contribution in [3.8, 4) is 5.75 Å². The number of methoxy groups -OCH3 is 1. The largest absolute Gasteiger partial charge is 0.497 e. The van der Waals surface area contributed by atoms with E-state index < -0.39 is 0 Å². The number of carbonyl (C=O) groups excluding carboxylic acids is 1. The summed E-state index contributed by atoms with van der Waals surface area (Å²) < 4.78 is 6.82. The van der Waals surface area contributed by atoms with Gasteiger partial charge in [-0.15, -0.1) is 0 Å². The molecule has 2 aromatic heterocycles. The van der Waals surface area contributed by atoms with Crippen LogP contribution in [-0.2, 0) is 6.42 Å². The predicted octanol–water partition coefficient (Wildman–Crippen LogP) is 4.24. The first kappa shape index (κ1) is 25.1. The van der Waals surface area contributed by atoms with Crippen molar-refractivity contribution >= 4 is 11.6 Å². The van der Waals surface area contributed by atoms with E-state index in [1.165, 1.54) is 0 Å². The molecule has 0 fully saturated rings. The number of nitrogens with zero attached hydrogens (tertiary/aromatic N) is 3. The zero-order chi connectivity index (χ0) is 25.5. The summed E-state index contributed by atoms with van der Waals surface area (Å²) in [5, 5.41) is 0. The number of hydrogen-bond acceptors (Lipinski definition) is 5. The molecule has 36 heavy (non-hydrogen) atoms. The maximum atomic E-state index is 13.8. The molecule has 0 bridgehead atoms. The van der Waals surface area contributed by atoms with Gasteiger partial charge in [-0.25, -0.2) is 4.98 Å². The normalized spacial score (nSPS) is 11.9. The zero-order valence-electron chi connectivity index (χ0n) is 20.8. The number of nitrogens with two attached hydrogens (primary N) is 1. The van der Waals surface area contributed by atoms with E-state index in [1.807, 2.05) is 60.4 Å². The molecule has 0 aliphatic heterocycles. The minimum Gasteiger partial charge on any atom is -0.497 e. The Morgan fingerprint density at radius 1 is 1.06 bits per heavy atom. The van der Waals surface area contributed by atoms with Crippen molar-refractivity contribution in [1.29, 1.82) is 0 Å². The topological polar surface area (TPSA) is 89.9 Å². The van der Waals surface area contributed by atoms with Gasteiger partial charge in [0.1, 0.15) is 11.4 Å². The molecule has 7 heteroatoms. The van der Waals surface area contributed by atoms with Crippen LogP contribution in [0.15, 0.2) is 83.8 Å². The van der Waals surface area contributed by atoms with Gasteiger partial charge >= 0.3 is 0 Å². The number of aromatic nitrogens is 2. The molecule has 4 rings (SSSR count). The van der Waals surface area contributed by atoms with Gasteiger partial charge in [-0.2, -0.15) is 0 Å². The highest BCUT2D eigenvalue weighted by Crippen LogP contribution is 2.28. The molecule has 2 N–H and O–H groups in total. The van der Waals surface area contributed by atoms with Crippen LogP contribution >= 0.6 is 0 Å². The van der Waals surface area contributed by atoms with Gasteiger partial charge in [0.25, 0.3) is 11.5 Å². The second-order valence-corrected chi connectivity index (χ2v) is 8.67. The summed E-state index contributed by atoms with van der Waals surface area (Å²) in [6.07, 6.45) is 3.40. The van der Waals surface area contributed by atoms with Crippen LogP contribution in [-0.4, -0.2) is 40.4 Å². The molecule has 0 spiro atoms. The fourth-order valence-electron chi connectivity index (χ4n) is 4.51. The van der Waals surface area contributed by atoms with Gasteiger partial charge in [-0.1, -0.05) is 43.3 Å². The predicted molar refractivity (Wildman–Crippen MR) is 141 cm³/mol. The van der Waals surface area contributed by atoms with Gasteiger partial charge in [0.05, 0.1) is 18.8 Å². The number of pyridine rings is 1. The molecule has 7 nitrogen and oxygen atoms in total. The fraction of sp³-hybridized carbons (Fsp3) is 0.276. The maximum absolute atomic E-state index is 13.8. The number of rotatable bonds is 10. The molecule has 1 amide bonds. The Bertz CT molecular complexity index is 1370. The average molecular weight is 485 g/mol. The minimum absolute atomic E-state index is 0.117. The van der Waals surface area contributed by atoms with Crippen molar-refractivity contribution in [2.24, 2.45) is 5.73 Å². The van der Waals surface area contributed by atoms with Crippen molar-refractivity contribution < 1.29 is 9.53 Å². The van der Waals surface area contributed by atoms with Crippen LogP contribution in [0.4, 0.5) is 0 Å². The zero-order valence-corrected chi connectivity index (χ0v) is 20.8. The van der Waals surface area contributed by atoms with E-state index in [-0.39, 0.29) is 17.5 Å². The monoisotopic (exact) mass is 484 g/mol. The van der Waals surface area contributed by atoms with Crippen LogP contribution < -0.4 is 16.0 Å². The van der Waals surface area contributed by atoms with Gasteiger partial charge in [0.15, 0.2) is 0 Å². The lowest BCUT2D eigenvalue weighted by atomic mass is 9.97. The van der Waals surface area contributed by atoms with Crippen molar-refractivity contribution in [2.45, 2.75) is 32.2 Å². The Hall–Kier alpha value is -3.97. The van der Waals surface area contributed by atoms with E-state index in [4.69, 9.17) is 15.5 Å². The first-order valence-electron chi connectivity index (χ1n) is 12.3. The first-order valence-corrected chi connectivity index (χ1v) is 12.3. The summed E-state index contributed by atoms with van der Waals surface area (Å²) in [5.41, 5.74) is 9.07. The Morgan fingerprint density at radius 3 is 2.44 bits per heavy atom. The van der Waals surface area contributed by atoms with Crippen molar-refractivity contribution in [3.05, 3.63) is 112 Å². The molecule has 1 unspecified atom stereocenters. The Kier molecular flexibility index (Phi) is 8.13. The summed E-state index contributed by atoms with van der Waals surface area (Å²) in [4.78, 5) is 34.2. The van der Waals surface area contributed by atoms with Gasteiger partial charge in [0.2, 0.25) is 0 Å². The third kappa shape index (κ3) is 5.31. The highest BCUT2D eigenvalue weighted by atomic mass is 16.5. The van der Waals surface area contributed by atoms with Crippen molar-refractivity contribution in [1.82, 2.24) is 14.3 Å². The molecular weight excluding hydrogens is 452 g/mol. The maximum Gasteiger partial charge on any atom is 0.261 e. The quantitative estimate of drug-likeness (QED) is 0.364.